The van der Waals surface area contributed by atoms with Gasteiger partial charge in [-0.1, -0.05) is 0 Å². The van der Waals surface area contributed by atoms with E-state index in [4.69, 9.17) is 0 Å². The van der Waals surface area contributed by atoms with Crippen LogP contribution >= 0.6 is 0 Å². The monoisotopic (exact) mass is 184 g/mol. The largest absolute Gasteiger partial charge is 0.464 e. The van der Waals surface area contributed by atoms with Crippen molar-refractivity contribution in [1.29, 1.82) is 0 Å². The van der Waals surface area contributed by atoms with Crippen LogP contribution in [0.5, 0.6) is 0 Å². The van der Waals surface area contributed by atoms with Crippen molar-refractivity contribution in [3.8, 4) is 0 Å². The molecule has 1 aliphatic heterocycles. The Balaban J connectivity index is 2.37. The number of esters is 1. The number of hydrogen-bond donors (Lipinski definition) is 0. The third-order valence-corrected chi connectivity index (χ3v) is 1.33. The lowest BCUT2D eigenvalue weighted by atomic mass is 10.3. The van der Waals surface area contributed by atoms with Gasteiger partial charge < -0.3 is 9.47 Å². The predicted octanol–water partition coefficient (Wildman–Crippen LogP) is 0.879. The summed E-state index contributed by atoms with van der Waals surface area (Å²) in [6.07, 6.45) is -7.86. The summed E-state index contributed by atoms with van der Waals surface area (Å²) in [4.78, 5) is 10.6. The first-order chi connectivity index (χ1) is 5.46. The highest BCUT2D eigenvalue weighted by Crippen LogP contribution is 2.38. The van der Waals surface area contributed by atoms with Crippen molar-refractivity contribution in [3.05, 3.63) is 0 Å². The SMILES string of the molecule is CCOC(=O)[C@@H]1O[C@H]1C(F)(F)F. The molecule has 70 valence electrons. The van der Waals surface area contributed by atoms with E-state index >= 15 is 0 Å². The number of carbonyl (C=O) groups is 1. The van der Waals surface area contributed by atoms with Crippen LogP contribution in [-0.4, -0.2) is 31.0 Å². The molecule has 1 saturated heterocycles. The first-order valence-electron chi connectivity index (χ1n) is 3.35. The van der Waals surface area contributed by atoms with Crippen molar-refractivity contribution in [2.24, 2.45) is 0 Å². The fourth-order valence-electron chi connectivity index (χ4n) is 0.765. The molecule has 12 heavy (non-hydrogen) atoms. The molecular weight excluding hydrogens is 177 g/mol. The maximum atomic E-state index is 11.8. The van der Waals surface area contributed by atoms with Gasteiger partial charge in [-0.3, -0.25) is 0 Å². The van der Waals surface area contributed by atoms with E-state index in [0.717, 1.165) is 0 Å². The van der Waals surface area contributed by atoms with Gasteiger partial charge in [-0.25, -0.2) is 4.79 Å². The Hall–Kier alpha value is -0.780. The van der Waals surface area contributed by atoms with Crippen LogP contribution in [0.4, 0.5) is 13.2 Å². The van der Waals surface area contributed by atoms with Gasteiger partial charge in [-0.05, 0) is 6.92 Å². The molecular formula is C6H7F3O3. The fraction of sp³-hybridized carbons (Fsp3) is 0.833. The normalized spacial score (nSPS) is 28.3. The Morgan fingerprint density at radius 1 is 1.58 bits per heavy atom. The van der Waals surface area contributed by atoms with Gasteiger partial charge >= 0.3 is 12.1 Å². The average Bonchev–Trinajstić information content (AvgIpc) is 2.62. The molecule has 2 atom stereocenters. The maximum Gasteiger partial charge on any atom is 0.417 e. The van der Waals surface area contributed by atoms with Crippen molar-refractivity contribution >= 4 is 5.97 Å². The number of alkyl halides is 3. The van der Waals surface area contributed by atoms with Crippen LogP contribution < -0.4 is 0 Å². The van der Waals surface area contributed by atoms with Crippen molar-refractivity contribution in [2.75, 3.05) is 6.61 Å². The summed E-state index contributed by atoms with van der Waals surface area (Å²) in [6.45, 7) is 1.58. The summed E-state index contributed by atoms with van der Waals surface area (Å²) in [7, 11) is 0. The quantitative estimate of drug-likeness (QED) is 0.472. The molecule has 0 spiro atoms. The Bertz CT molecular complexity index is 189. The third kappa shape index (κ3) is 1.88. The summed E-state index contributed by atoms with van der Waals surface area (Å²) in [5, 5.41) is 0. The Morgan fingerprint density at radius 3 is 2.50 bits per heavy atom. The van der Waals surface area contributed by atoms with E-state index in [1.807, 2.05) is 0 Å². The van der Waals surface area contributed by atoms with Crippen molar-refractivity contribution in [3.63, 3.8) is 0 Å². The van der Waals surface area contributed by atoms with Crippen LogP contribution in [0.3, 0.4) is 0 Å². The van der Waals surface area contributed by atoms with Crippen LogP contribution in [0.25, 0.3) is 0 Å². The topological polar surface area (TPSA) is 38.8 Å². The molecule has 0 saturated carbocycles. The Kier molecular flexibility index (Phi) is 2.27. The van der Waals surface area contributed by atoms with Crippen molar-refractivity contribution in [2.45, 2.75) is 25.3 Å². The second-order valence-electron chi connectivity index (χ2n) is 2.27. The zero-order valence-electron chi connectivity index (χ0n) is 6.22. The molecule has 1 rings (SSSR count). The van der Waals surface area contributed by atoms with Crippen LogP contribution in [0.1, 0.15) is 6.92 Å². The number of hydrogen-bond acceptors (Lipinski definition) is 3. The van der Waals surface area contributed by atoms with Gasteiger partial charge in [0.15, 0.2) is 12.2 Å². The van der Waals surface area contributed by atoms with E-state index < -0.39 is 24.4 Å². The molecule has 1 aliphatic rings. The highest BCUT2D eigenvalue weighted by Gasteiger charge is 2.62. The lowest BCUT2D eigenvalue weighted by molar-refractivity contribution is -0.150. The van der Waals surface area contributed by atoms with Crippen LogP contribution in [0.2, 0.25) is 0 Å². The summed E-state index contributed by atoms with van der Waals surface area (Å²) in [5.41, 5.74) is 0. The molecule has 0 aromatic heterocycles. The zero-order valence-corrected chi connectivity index (χ0v) is 6.22. The van der Waals surface area contributed by atoms with E-state index in [0.29, 0.717) is 0 Å². The first-order valence-corrected chi connectivity index (χ1v) is 3.35. The Morgan fingerprint density at radius 2 is 2.17 bits per heavy atom. The minimum absolute atomic E-state index is 0.0588. The fourth-order valence-corrected chi connectivity index (χ4v) is 0.765. The molecule has 1 heterocycles. The molecule has 0 unspecified atom stereocenters. The number of carbonyl (C=O) groups excluding carboxylic acids is 1. The summed E-state index contributed by atoms with van der Waals surface area (Å²) in [5.74, 6) is -0.945. The standard InChI is InChI=1S/C6H7F3O3/c1-2-11-5(10)3-4(12-3)6(7,8)9/h3-4H,2H2,1H3/t3-,4-/m1/s1. The van der Waals surface area contributed by atoms with Crippen LogP contribution in [0.15, 0.2) is 0 Å². The van der Waals surface area contributed by atoms with Gasteiger partial charge in [0, 0.05) is 0 Å². The van der Waals surface area contributed by atoms with Crippen LogP contribution in [0, 0.1) is 0 Å². The van der Waals surface area contributed by atoms with Crippen molar-refractivity contribution < 1.29 is 27.4 Å². The molecule has 0 N–H and O–H groups in total. The summed E-state index contributed by atoms with van der Waals surface area (Å²) < 4.78 is 43.7. The van der Waals surface area contributed by atoms with Gasteiger partial charge in [0.2, 0.25) is 0 Å². The molecule has 0 aliphatic carbocycles. The highest BCUT2D eigenvalue weighted by molar-refractivity contribution is 5.78. The molecule has 0 radical (unpaired) electrons. The second kappa shape index (κ2) is 2.93. The van der Waals surface area contributed by atoms with Gasteiger partial charge in [0.05, 0.1) is 6.61 Å². The maximum absolute atomic E-state index is 11.8. The minimum atomic E-state index is -4.46. The van der Waals surface area contributed by atoms with Crippen LogP contribution in [-0.2, 0) is 14.3 Å². The van der Waals surface area contributed by atoms with E-state index in [-0.39, 0.29) is 6.61 Å². The average molecular weight is 184 g/mol. The van der Waals surface area contributed by atoms with Gasteiger partial charge in [0.25, 0.3) is 0 Å². The van der Waals surface area contributed by atoms with Gasteiger partial charge in [-0.15, -0.1) is 0 Å². The minimum Gasteiger partial charge on any atom is -0.464 e. The number of epoxide rings is 1. The molecule has 6 heteroatoms. The van der Waals surface area contributed by atoms with Crippen molar-refractivity contribution in [1.82, 2.24) is 0 Å². The second-order valence-corrected chi connectivity index (χ2v) is 2.27. The molecule has 0 aromatic rings. The molecule has 0 aromatic carbocycles. The predicted molar refractivity (Wildman–Crippen MR) is 31.3 cm³/mol. The smallest absolute Gasteiger partial charge is 0.417 e. The number of ether oxygens (including phenoxy) is 2. The lowest BCUT2D eigenvalue weighted by Crippen LogP contribution is -2.23. The van der Waals surface area contributed by atoms with E-state index in [9.17, 15) is 18.0 Å². The van der Waals surface area contributed by atoms with E-state index in [2.05, 4.69) is 9.47 Å². The third-order valence-electron chi connectivity index (χ3n) is 1.33. The van der Waals surface area contributed by atoms with E-state index in [1.54, 1.807) is 0 Å². The Labute approximate surface area is 66.4 Å². The number of halogens is 3. The molecule has 0 amide bonds. The summed E-state index contributed by atoms with van der Waals surface area (Å²) >= 11 is 0. The molecule has 1 fully saturated rings. The zero-order chi connectivity index (χ0) is 9.35. The summed E-state index contributed by atoms with van der Waals surface area (Å²) in [6, 6.07) is 0. The molecule has 0 bridgehead atoms. The van der Waals surface area contributed by atoms with Gasteiger partial charge in [0.1, 0.15) is 0 Å². The lowest BCUT2D eigenvalue weighted by Gasteiger charge is -2.00. The first kappa shape index (κ1) is 9.31. The molecule has 3 nitrogen and oxygen atoms in total. The van der Waals surface area contributed by atoms with E-state index in [1.165, 1.54) is 6.92 Å². The van der Waals surface area contributed by atoms with Gasteiger partial charge in [-0.2, -0.15) is 13.2 Å². The highest BCUT2D eigenvalue weighted by atomic mass is 19.4. The number of rotatable bonds is 2.